The Balaban J connectivity index is 0. The van der Waals surface area contributed by atoms with Crippen molar-refractivity contribution in [1.29, 1.82) is 0 Å². The van der Waals surface area contributed by atoms with E-state index in [1.165, 1.54) is 14.2 Å². The number of methoxy groups -OCH3 is 2. The molecule has 90 valence electrons. The summed E-state index contributed by atoms with van der Waals surface area (Å²) in [4.78, 5) is 20.0. The molecule has 6 nitrogen and oxygen atoms in total. The average Bonchev–Trinajstić information content (AvgIpc) is 2.24. The zero-order chi connectivity index (χ0) is 12.3. The second-order valence-electron chi connectivity index (χ2n) is 2.43. The van der Waals surface area contributed by atoms with E-state index in [9.17, 15) is 9.59 Å². The molecule has 0 heterocycles. The van der Waals surface area contributed by atoms with E-state index in [0.29, 0.717) is 6.61 Å². The molecule has 0 saturated heterocycles. The van der Waals surface area contributed by atoms with Crippen LogP contribution in [0.4, 0.5) is 0 Å². The SMILES string of the molecule is CCOCC(=O)O.COC(=O)C(C)OC. The third-order valence-electron chi connectivity index (χ3n) is 1.32. The maximum Gasteiger partial charge on any atom is 0.334 e. The van der Waals surface area contributed by atoms with Gasteiger partial charge in [-0.3, -0.25) is 0 Å². The van der Waals surface area contributed by atoms with Crippen molar-refractivity contribution in [3.63, 3.8) is 0 Å². The van der Waals surface area contributed by atoms with Gasteiger partial charge in [-0.2, -0.15) is 0 Å². The highest BCUT2D eigenvalue weighted by Gasteiger charge is 2.09. The lowest BCUT2D eigenvalue weighted by Gasteiger charge is -2.04. The Morgan fingerprint density at radius 1 is 1.33 bits per heavy atom. The summed E-state index contributed by atoms with van der Waals surface area (Å²) in [6, 6.07) is 0. The highest BCUT2D eigenvalue weighted by atomic mass is 16.6. The molecule has 0 spiro atoms. The Hall–Kier alpha value is -1.14. The Labute approximate surface area is 89.1 Å². The summed E-state index contributed by atoms with van der Waals surface area (Å²) in [5, 5.41) is 7.92. The van der Waals surface area contributed by atoms with E-state index in [0.717, 1.165) is 0 Å². The minimum absolute atomic E-state index is 0.184. The zero-order valence-corrected chi connectivity index (χ0v) is 9.48. The van der Waals surface area contributed by atoms with Crippen LogP contribution in [0, 0.1) is 0 Å². The first-order valence-electron chi connectivity index (χ1n) is 4.39. The van der Waals surface area contributed by atoms with Gasteiger partial charge in [0.05, 0.1) is 7.11 Å². The number of carbonyl (C=O) groups excluding carboxylic acids is 1. The summed E-state index contributed by atoms with van der Waals surface area (Å²) in [6.45, 7) is 3.66. The molecule has 15 heavy (non-hydrogen) atoms. The van der Waals surface area contributed by atoms with E-state index in [-0.39, 0.29) is 12.6 Å². The maximum atomic E-state index is 10.4. The van der Waals surface area contributed by atoms with E-state index >= 15 is 0 Å². The van der Waals surface area contributed by atoms with Crippen molar-refractivity contribution >= 4 is 11.9 Å². The fourth-order valence-corrected chi connectivity index (χ4v) is 0.452. The summed E-state index contributed by atoms with van der Waals surface area (Å²) >= 11 is 0. The van der Waals surface area contributed by atoms with Gasteiger partial charge in [0, 0.05) is 13.7 Å². The van der Waals surface area contributed by atoms with E-state index in [1.54, 1.807) is 13.8 Å². The van der Waals surface area contributed by atoms with Gasteiger partial charge < -0.3 is 19.3 Å². The molecule has 0 radical (unpaired) electrons. The van der Waals surface area contributed by atoms with Gasteiger partial charge >= 0.3 is 11.9 Å². The predicted octanol–water partition coefficient (Wildman–Crippen LogP) is 0.302. The van der Waals surface area contributed by atoms with Gasteiger partial charge in [-0.05, 0) is 13.8 Å². The van der Waals surface area contributed by atoms with Crippen LogP contribution in [0.1, 0.15) is 13.8 Å². The number of hydrogen-bond donors (Lipinski definition) is 1. The van der Waals surface area contributed by atoms with Crippen LogP contribution in [0.3, 0.4) is 0 Å². The Morgan fingerprint density at radius 2 is 1.87 bits per heavy atom. The van der Waals surface area contributed by atoms with Gasteiger partial charge in [0.25, 0.3) is 0 Å². The number of aliphatic carboxylic acids is 1. The lowest BCUT2D eigenvalue weighted by Crippen LogP contribution is -2.19. The minimum atomic E-state index is -0.915. The van der Waals surface area contributed by atoms with Crippen LogP contribution >= 0.6 is 0 Å². The predicted molar refractivity (Wildman–Crippen MR) is 52.6 cm³/mol. The topological polar surface area (TPSA) is 82.1 Å². The van der Waals surface area contributed by atoms with E-state index < -0.39 is 12.1 Å². The molecule has 0 aromatic carbocycles. The third kappa shape index (κ3) is 12.9. The van der Waals surface area contributed by atoms with Crippen LogP contribution in [-0.2, 0) is 23.8 Å². The first-order chi connectivity index (χ1) is 6.99. The van der Waals surface area contributed by atoms with Gasteiger partial charge in [-0.25, -0.2) is 9.59 Å². The van der Waals surface area contributed by atoms with Gasteiger partial charge in [0.1, 0.15) is 6.61 Å². The molecule has 0 aliphatic rings. The molecule has 0 aliphatic heterocycles. The molecule has 0 rings (SSSR count). The molecule has 0 aromatic heterocycles. The average molecular weight is 222 g/mol. The number of carboxylic acid groups (broad SMARTS) is 1. The van der Waals surface area contributed by atoms with Crippen molar-refractivity contribution in [3.05, 3.63) is 0 Å². The summed E-state index contributed by atoms with van der Waals surface area (Å²) in [7, 11) is 2.79. The molecule has 0 aromatic rings. The van der Waals surface area contributed by atoms with E-state index in [4.69, 9.17) is 5.11 Å². The molecular formula is C9H18O6. The monoisotopic (exact) mass is 222 g/mol. The molecule has 0 bridgehead atoms. The zero-order valence-electron chi connectivity index (χ0n) is 9.48. The largest absolute Gasteiger partial charge is 0.480 e. The maximum absolute atomic E-state index is 10.4. The quantitative estimate of drug-likeness (QED) is 0.674. The standard InChI is InChI=1S/C5H10O3.C4H8O3/c1-4(7-2)5(6)8-3;1-2-7-3-4(5)6/h4H,1-3H3;2-3H2,1H3,(H,5,6). The fourth-order valence-electron chi connectivity index (χ4n) is 0.452. The lowest BCUT2D eigenvalue weighted by molar-refractivity contribution is -0.151. The van der Waals surface area contributed by atoms with Crippen LogP contribution in [0.5, 0.6) is 0 Å². The van der Waals surface area contributed by atoms with E-state index in [1.807, 2.05) is 0 Å². The van der Waals surface area contributed by atoms with Crippen LogP contribution < -0.4 is 0 Å². The third-order valence-corrected chi connectivity index (χ3v) is 1.32. The lowest BCUT2D eigenvalue weighted by atomic mass is 10.4. The molecule has 1 unspecified atom stereocenters. The molecule has 1 atom stereocenters. The van der Waals surface area contributed by atoms with Gasteiger partial charge in [-0.15, -0.1) is 0 Å². The smallest absolute Gasteiger partial charge is 0.334 e. The Bertz CT molecular complexity index is 179. The Morgan fingerprint density at radius 3 is 2.00 bits per heavy atom. The second kappa shape index (κ2) is 10.9. The molecular weight excluding hydrogens is 204 g/mol. The number of carboxylic acids is 1. The van der Waals surface area contributed by atoms with Crippen LogP contribution in [0.15, 0.2) is 0 Å². The molecule has 0 saturated carbocycles. The number of hydrogen-bond acceptors (Lipinski definition) is 5. The number of carbonyl (C=O) groups is 2. The van der Waals surface area contributed by atoms with Crippen molar-refractivity contribution < 1.29 is 28.9 Å². The molecule has 0 amide bonds. The van der Waals surface area contributed by atoms with Gasteiger partial charge in [0.15, 0.2) is 6.10 Å². The number of ether oxygens (including phenoxy) is 3. The number of esters is 1. The first kappa shape index (κ1) is 16.3. The normalized spacial score (nSPS) is 10.9. The highest BCUT2D eigenvalue weighted by Crippen LogP contribution is 1.88. The molecule has 0 fully saturated rings. The first-order valence-corrected chi connectivity index (χ1v) is 4.39. The van der Waals surface area contributed by atoms with Crippen molar-refractivity contribution in [1.82, 2.24) is 0 Å². The van der Waals surface area contributed by atoms with Crippen LogP contribution in [0.2, 0.25) is 0 Å². The molecule has 1 N–H and O–H groups in total. The summed E-state index contributed by atoms with van der Waals surface area (Å²) in [6.07, 6.45) is -0.444. The van der Waals surface area contributed by atoms with Crippen molar-refractivity contribution in [3.8, 4) is 0 Å². The van der Waals surface area contributed by atoms with Crippen LogP contribution in [0.25, 0.3) is 0 Å². The van der Waals surface area contributed by atoms with Gasteiger partial charge in [-0.1, -0.05) is 0 Å². The number of rotatable bonds is 5. The summed E-state index contributed by atoms with van der Waals surface area (Å²) in [5.41, 5.74) is 0. The van der Waals surface area contributed by atoms with Crippen molar-refractivity contribution in [2.24, 2.45) is 0 Å². The molecule has 0 aliphatic carbocycles. The second-order valence-corrected chi connectivity index (χ2v) is 2.43. The minimum Gasteiger partial charge on any atom is -0.480 e. The van der Waals surface area contributed by atoms with Crippen molar-refractivity contribution in [2.75, 3.05) is 27.4 Å². The molecule has 6 heteroatoms. The van der Waals surface area contributed by atoms with E-state index in [2.05, 4.69) is 14.2 Å². The highest BCUT2D eigenvalue weighted by molar-refractivity contribution is 5.73. The fraction of sp³-hybridized carbons (Fsp3) is 0.778. The van der Waals surface area contributed by atoms with Gasteiger partial charge in [0.2, 0.25) is 0 Å². The van der Waals surface area contributed by atoms with Crippen LogP contribution in [-0.4, -0.2) is 50.6 Å². The van der Waals surface area contributed by atoms with Crippen molar-refractivity contribution in [2.45, 2.75) is 20.0 Å². The Kier molecular flexibility index (Phi) is 11.9. The summed E-state index contributed by atoms with van der Waals surface area (Å²) in [5.74, 6) is -1.26. The summed E-state index contributed by atoms with van der Waals surface area (Å²) < 4.78 is 13.5.